The minimum Gasteiger partial charge on any atom is -0.368 e. The quantitative estimate of drug-likeness (QED) is 0.681. The Hall–Kier alpha value is -3.42. The van der Waals surface area contributed by atoms with Crippen LogP contribution < -0.4 is 10.6 Å². The second-order valence-corrected chi connectivity index (χ2v) is 8.07. The monoisotopic (exact) mass is 420 g/mol. The summed E-state index contributed by atoms with van der Waals surface area (Å²) in [5.74, 6) is -0.393. The summed E-state index contributed by atoms with van der Waals surface area (Å²) >= 11 is 0. The Morgan fingerprint density at radius 1 is 1.06 bits per heavy atom. The van der Waals surface area contributed by atoms with Crippen LogP contribution in [0.1, 0.15) is 39.3 Å². The zero-order chi connectivity index (χ0) is 22.1. The largest absolute Gasteiger partial charge is 0.368 e. The van der Waals surface area contributed by atoms with Crippen molar-refractivity contribution in [1.29, 1.82) is 0 Å². The number of para-hydroxylation sites is 1. The number of primary amides is 1. The summed E-state index contributed by atoms with van der Waals surface area (Å²) in [5, 5.41) is 4.25. The molecule has 0 spiro atoms. The molecule has 2 N–H and O–H groups in total. The first-order valence-corrected chi connectivity index (χ1v) is 10.6. The first-order valence-electron chi connectivity index (χ1n) is 10.6. The van der Waals surface area contributed by atoms with Gasteiger partial charge in [-0.1, -0.05) is 18.2 Å². The molecular formula is C23H28N6O2. The number of aromatic nitrogens is 3. The number of fused-ring (bicyclic) bond motifs is 1. The van der Waals surface area contributed by atoms with Crippen molar-refractivity contribution in [2.24, 2.45) is 5.73 Å². The van der Waals surface area contributed by atoms with Crippen molar-refractivity contribution >= 4 is 23.1 Å². The maximum absolute atomic E-state index is 12.9. The molecular weight excluding hydrogens is 392 g/mol. The first-order chi connectivity index (χ1) is 14.9. The van der Waals surface area contributed by atoms with Crippen LogP contribution in [0.4, 0.5) is 5.69 Å². The number of hydrogen-bond acceptors (Lipinski definition) is 5. The molecule has 0 saturated carbocycles. The summed E-state index contributed by atoms with van der Waals surface area (Å²) < 4.78 is 1.63. The second-order valence-electron chi connectivity index (χ2n) is 8.07. The summed E-state index contributed by atoms with van der Waals surface area (Å²) in [6.45, 7) is 9.07. The van der Waals surface area contributed by atoms with E-state index >= 15 is 0 Å². The van der Waals surface area contributed by atoms with Gasteiger partial charge in [0, 0.05) is 49.7 Å². The van der Waals surface area contributed by atoms with Crippen molar-refractivity contribution in [3.63, 3.8) is 0 Å². The van der Waals surface area contributed by atoms with Gasteiger partial charge in [0.2, 0.25) is 5.91 Å². The van der Waals surface area contributed by atoms with Crippen molar-refractivity contribution in [2.45, 2.75) is 33.6 Å². The standard InChI is InChI=1S/C23H28N6O2/c1-15-6-4-5-7-20(15)27-10-12-28(13-11-27)21(30)9-8-18-16(2)26-23-19(22(24)31)14-25-29(23)17(18)3/h4-7,14H,8-13H2,1-3H3,(H2,24,31). The zero-order valence-electron chi connectivity index (χ0n) is 18.3. The fraction of sp³-hybridized carbons (Fsp3) is 0.391. The molecule has 0 bridgehead atoms. The van der Waals surface area contributed by atoms with Gasteiger partial charge in [0.05, 0.1) is 6.20 Å². The average molecular weight is 421 g/mol. The number of rotatable bonds is 5. The van der Waals surface area contributed by atoms with E-state index in [1.54, 1.807) is 4.52 Å². The van der Waals surface area contributed by atoms with Gasteiger partial charge in [-0.15, -0.1) is 0 Å². The molecule has 0 aliphatic carbocycles. The highest BCUT2D eigenvalue weighted by Gasteiger charge is 2.23. The van der Waals surface area contributed by atoms with E-state index in [-0.39, 0.29) is 5.91 Å². The van der Waals surface area contributed by atoms with Crippen LogP contribution in [0.15, 0.2) is 30.5 Å². The van der Waals surface area contributed by atoms with Crippen molar-refractivity contribution in [1.82, 2.24) is 19.5 Å². The Balaban J connectivity index is 1.41. The van der Waals surface area contributed by atoms with Crippen LogP contribution in [-0.2, 0) is 11.2 Å². The molecule has 1 fully saturated rings. The molecule has 2 aromatic heterocycles. The van der Waals surface area contributed by atoms with E-state index in [4.69, 9.17) is 5.73 Å². The number of carbonyl (C=O) groups excluding carboxylic acids is 2. The topological polar surface area (TPSA) is 96.8 Å². The lowest BCUT2D eigenvalue weighted by Gasteiger charge is -2.37. The number of benzene rings is 1. The molecule has 3 aromatic rings. The Morgan fingerprint density at radius 2 is 1.77 bits per heavy atom. The van der Waals surface area contributed by atoms with Gasteiger partial charge in [0.1, 0.15) is 5.56 Å². The third-order valence-corrected chi connectivity index (χ3v) is 6.15. The normalized spacial score (nSPS) is 14.3. The van der Waals surface area contributed by atoms with Gasteiger partial charge in [-0.2, -0.15) is 5.10 Å². The lowest BCUT2D eigenvalue weighted by atomic mass is 10.1. The molecule has 8 heteroatoms. The van der Waals surface area contributed by atoms with Gasteiger partial charge in [0.15, 0.2) is 5.65 Å². The highest BCUT2D eigenvalue weighted by atomic mass is 16.2. The number of nitrogens with zero attached hydrogens (tertiary/aromatic N) is 5. The van der Waals surface area contributed by atoms with Crippen LogP contribution in [0.25, 0.3) is 5.65 Å². The second kappa shape index (κ2) is 8.37. The minimum atomic E-state index is -0.547. The lowest BCUT2D eigenvalue weighted by Crippen LogP contribution is -2.49. The van der Waals surface area contributed by atoms with E-state index in [0.29, 0.717) is 24.1 Å². The molecule has 0 radical (unpaired) electrons. The highest BCUT2D eigenvalue weighted by molar-refractivity contribution is 5.98. The predicted molar refractivity (Wildman–Crippen MR) is 119 cm³/mol. The molecule has 4 rings (SSSR count). The number of amides is 2. The van der Waals surface area contributed by atoms with Gasteiger partial charge in [-0.3, -0.25) is 9.59 Å². The molecule has 1 aliphatic rings. The Kier molecular flexibility index (Phi) is 5.63. The smallest absolute Gasteiger partial charge is 0.254 e. The van der Waals surface area contributed by atoms with E-state index < -0.39 is 5.91 Å². The summed E-state index contributed by atoms with van der Waals surface area (Å²) in [7, 11) is 0. The predicted octanol–water partition coefficient (Wildman–Crippen LogP) is 2.03. The van der Waals surface area contributed by atoms with Crippen LogP contribution in [-0.4, -0.2) is 57.5 Å². The first kappa shape index (κ1) is 20.8. The fourth-order valence-electron chi connectivity index (χ4n) is 4.35. The summed E-state index contributed by atoms with van der Waals surface area (Å²) in [4.78, 5) is 33.3. The Bertz CT molecular complexity index is 1140. The van der Waals surface area contributed by atoms with Crippen LogP contribution in [0.2, 0.25) is 0 Å². The number of carbonyl (C=O) groups is 2. The van der Waals surface area contributed by atoms with E-state index in [0.717, 1.165) is 43.1 Å². The number of aryl methyl sites for hydroxylation is 3. The average Bonchev–Trinajstić information content (AvgIpc) is 3.18. The SMILES string of the molecule is Cc1ccccc1N1CCN(C(=O)CCc2c(C)nc3c(C(N)=O)cnn3c2C)CC1. The van der Waals surface area contributed by atoms with Crippen LogP contribution in [0, 0.1) is 20.8 Å². The van der Waals surface area contributed by atoms with Crippen LogP contribution in [0.5, 0.6) is 0 Å². The molecule has 1 aliphatic heterocycles. The van der Waals surface area contributed by atoms with E-state index in [1.165, 1.54) is 17.4 Å². The maximum Gasteiger partial charge on any atom is 0.254 e. The number of hydrogen-bond donors (Lipinski definition) is 1. The third-order valence-electron chi connectivity index (χ3n) is 6.15. The van der Waals surface area contributed by atoms with Gasteiger partial charge < -0.3 is 15.5 Å². The summed E-state index contributed by atoms with van der Waals surface area (Å²) in [6, 6.07) is 8.36. The number of anilines is 1. The molecule has 1 aromatic carbocycles. The fourth-order valence-corrected chi connectivity index (χ4v) is 4.35. The lowest BCUT2D eigenvalue weighted by molar-refractivity contribution is -0.131. The molecule has 0 atom stereocenters. The van der Waals surface area contributed by atoms with Crippen molar-refractivity contribution in [3.05, 3.63) is 58.5 Å². The summed E-state index contributed by atoms with van der Waals surface area (Å²) in [6.07, 6.45) is 2.45. The van der Waals surface area contributed by atoms with Gasteiger partial charge in [0.25, 0.3) is 5.91 Å². The highest BCUT2D eigenvalue weighted by Crippen LogP contribution is 2.22. The van der Waals surface area contributed by atoms with Crippen LogP contribution in [0.3, 0.4) is 0 Å². The number of piperazine rings is 1. The molecule has 0 unspecified atom stereocenters. The maximum atomic E-state index is 12.9. The molecule has 1 saturated heterocycles. The molecule has 31 heavy (non-hydrogen) atoms. The Morgan fingerprint density at radius 3 is 2.45 bits per heavy atom. The van der Waals surface area contributed by atoms with E-state index in [9.17, 15) is 9.59 Å². The number of nitrogens with two attached hydrogens (primary N) is 1. The van der Waals surface area contributed by atoms with Gasteiger partial charge in [-0.05, 0) is 44.4 Å². The van der Waals surface area contributed by atoms with E-state index in [1.807, 2.05) is 24.8 Å². The minimum absolute atomic E-state index is 0.154. The molecule has 3 heterocycles. The molecule has 8 nitrogen and oxygen atoms in total. The zero-order valence-corrected chi connectivity index (χ0v) is 18.3. The van der Waals surface area contributed by atoms with Crippen LogP contribution >= 0.6 is 0 Å². The third kappa shape index (κ3) is 3.97. The van der Waals surface area contributed by atoms with Crippen molar-refractivity contribution in [2.75, 3.05) is 31.1 Å². The molecule has 162 valence electrons. The molecule has 2 amide bonds. The Labute approximate surface area is 181 Å². The van der Waals surface area contributed by atoms with Gasteiger partial charge >= 0.3 is 0 Å². The van der Waals surface area contributed by atoms with Crippen molar-refractivity contribution in [3.8, 4) is 0 Å². The van der Waals surface area contributed by atoms with Crippen molar-refractivity contribution < 1.29 is 9.59 Å². The van der Waals surface area contributed by atoms with E-state index in [2.05, 4.69) is 40.1 Å². The van der Waals surface area contributed by atoms with Gasteiger partial charge in [-0.25, -0.2) is 9.50 Å². The summed E-state index contributed by atoms with van der Waals surface area (Å²) in [5.41, 5.74) is 11.3.